The van der Waals surface area contributed by atoms with E-state index in [0.29, 0.717) is 28.2 Å². The van der Waals surface area contributed by atoms with Crippen LogP contribution >= 0.6 is 11.8 Å². The van der Waals surface area contributed by atoms with E-state index in [0.717, 1.165) is 5.56 Å². The van der Waals surface area contributed by atoms with Crippen LogP contribution in [0.25, 0.3) is 11.4 Å². The van der Waals surface area contributed by atoms with Crippen molar-refractivity contribution >= 4 is 29.3 Å². The smallest absolute Gasteiger partial charge is 0.242 e. The first kappa shape index (κ1) is 23.1. The zero-order valence-electron chi connectivity index (χ0n) is 18.3. The standard InChI is InChI=1S/C23H22N6O4S/c1-32-18-6-4-17(5-7-18)26-21(31)15-34-23-27-22(16-8-10-24-11-9-16)28-29(23)14-20(30)25-13-19-3-2-12-33-19/h2-12H,13-15H2,1H3,(H,25,30)(H,26,31). The van der Waals surface area contributed by atoms with Gasteiger partial charge in [0.25, 0.3) is 0 Å². The minimum absolute atomic E-state index is 0.0543. The number of nitrogens with one attached hydrogen (secondary N) is 2. The fourth-order valence-electron chi connectivity index (χ4n) is 2.95. The predicted octanol–water partition coefficient (Wildman–Crippen LogP) is 2.99. The van der Waals surface area contributed by atoms with E-state index in [2.05, 4.69) is 25.7 Å². The molecule has 0 fully saturated rings. The number of hydrogen-bond acceptors (Lipinski definition) is 8. The van der Waals surface area contributed by atoms with Crippen molar-refractivity contribution in [3.8, 4) is 17.1 Å². The maximum Gasteiger partial charge on any atom is 0.242 e. The number of benzene rings is 1. The predicted molar refractivity (Wildman–Crippen MR) is 126 cm³/mol. The molecular weight excluding hydrogens is 456 g/mol. The number of ether oxygens (including phenoxy) is 1. The summed E-state index contributed by atoms with van der Waals surface area (Å²) in [5, 5.41) is 10.5. The highest BCUT2D eigenvalue weighted by molar-refractivity contribution is 7.99. The maximum atomic E-state index is 12.5. The van der Waals surface area contributed by atoms with E-state index >= 15 is 0 Å². The molecule has 3 heterocycles. The van der Waals surface area contributed by atoms with Crippen molar-refractivity contribution in [1.82, 2.24) is 25.1 Å². The average molecular weight is 479 g/mol. The van der Waals surface area contributed by atoms with Crippen molar-refractivity contribution < 1.29 is 18.7 Å². The molecule has 174 valence electrons. The van der Waals surface area contributed by atoms with E-state index in [9.17, 15) is 9.59 Å². The van der Waals surface area contributed by atoms with Crippen LogP contribution in [0.15, 0.2) is 76.8 Å². The molecule has 0 spiro atoms. The highest BCUT2D eigenvalue weighted by Crippen LogP contribution is 2.22. The van der Waals surface area contributed by atoms with E-state index < -0.39 is 0 Å². The SMILES string of the molecule is COc1ccc(NC(=O)CSc2nc(-c3ccncc3)nn2CC(=O)NCc2ccco2)cc1. The average Bonchev–Trinajstić information content (AvgIpc) is 3.53. The second-order valence-corrected chi connectivity index (χ2v) is 7.98. The van der Waals surface area contributed by atoms with Gasteiger partial charge in [-0.05, 0) is 48.5 Å². The van der Waals surface area contributed by atoms with E-state index in [1.165, 1.54) is 16.4 Å². The van der Waals surface area contributed by atoms with Crippen LogP contribution in [0.3, 0.4) is 0 Å². The Balaban J connectivity index is 1.42. The molecule has 3 aromatic heterocycles. The third kappa shape index (κ3) is 6.23. The normalized spacial score (nSPS) is 10.6. The molecule has 0 saturated heterocycles. The molecule has 4 aromatic rings. The van der Waals surface area contributed by atoms with Gasteiger partial charge < -0.3 is 19.8 Å². The molecule has 0 aliphatic heterocycles. The Bertz CT molecular complexity index is 1230. The van der Waals surface area contributed by atoms with E-state index in [1.54, 1.807) is 74.3 Å². The number of nitrogens with zero attached hydrogens (tertiary/aromatic N) is 4. The Labute approximate surface area is 199 Å². The quantitative estimate of drug-likeness (QED) is 0.333. The van der Waals surface area contributed by atoms with Crippen molar-refractivity contribution in [1.29, 1.82) is 0 Å². The number of amides is 2. The largest absolute Gasteiger partial charge is 0.497 e. The molecule has 11 heteroatoms. The van der Waals surface area contributed by atoms with Gasteiger partial charge in [0.15, 0.2) is 11.0 Å². The van der Waals surface area contributed by atoms with Gasteiger partial charge in [-0.1, -0.05) is 11.8 Å². The molecule has 0 aliphatic rings. The molecule has 0 unspecified atom stereocenters. The molecule has 2 N–H and O–H groups in total. The van der Waals surface area contributed by atoms with Gasteiger partial charge in [0, 0.05) is 23.6 Å². The van der Waals surface area contributed by atoms with Crippen LogP contribution in [0.1, 0.15) is 5.76 Å². The lowest BCUT2D eigenvalue weighted by atomic mass is 10.3. The highest BCUT2D eigenvalue weighted by atomic mass is 32.2. The zero-order chi connectivity index (χ0) is 23.8. The Morgan fingerprint density at radius 3 is 2.59 bits per heavy atom. The number of pyridine rings is 1. The van der Waals surface area contributed by atoms with Crippen LogP contribution in [0.2, 0.25) is 0 Å². The lowest BCUT2D eigenvalue weighted by Crippen LogP contribution is -2.27. The number of rotatable bonds is 10. The summed E-state index contributed by atoms with van der Waals surface area (Å²) in [7, 11) is 1.58. The molecule has 2 amide bonds. The summed E-state index contributed by atoms with van der Waals surface area (Å²) < 4.78 is 11.8. The number of aromatic nitrogens is 4. The summed E-state index contributed by atoms with van der Waals surface area (Å²) in [6, 6.07) is 14.1. The van der Waals surface area contributed by atoms with E-state index in [-0.39, 0.29) is 30.7 Å². The van der Waals surface area contributed by atoms with Crippen LogP contribution < -0.4 is 15.4 Å². The first-order valence-corrected chi connectivity index (χ1v) is 11.3. The summed E-state index contributed by atoms with van der Waals surface area (Å²) in [4.78, 5) is 33.5. The molecule has 1 aromatic carbocycles. The molecule has 0 bridgehead atoms. The van der Waals surface area contributed by atoms with Crippen LogP contribution in [0.4, 0.5) is 5.69 Å². The second kappa shape index (κ2) is 11.1. The lowest BCUT2D eigenvalue weighted by Gasteiger charge is -2.07. The maximum absolute atomic E-state index is 12.5. The Morgan fingerprint density at radius 2 is 1.88 bits per heavy atom. The summed E-state index contributed by atoms with van der Waals surface area (Å²) in [6.45, 7) is 0.214. The Hall–Kier alpha value is -4.12. The monoisotopic (exact) mass is 478 g/mol. The number of carbonyl (C=O) groups is 2. The van der Waals surface area contributed by atoms with Crippen LogP contribution in [-0.2, 0) is 22.7 Å². The first-order chi connectivity index (χ1) is 16.6. The van der Waals surface area contributed by atoms with Crippen molar-refractivity contribution in [2.45, 2.75) is 18.2 Å². The van der Waals surface area contributed by atoms with Crippen LogP contribution in [-0.4, -0.2) is 44.4 Å². The van der Waals surface area contributed by atoms with Gasteiger partial charge in [-0.3, -0.25) is 14.6 Å². The lowest BCUT2D eigenvalue weighted by molar-refractivity contribution is -0.122. The zero-order valence-corrected chi connectivity index (χ0v) is 19.1. The van der Waals surface area contributed by atoms with Gasteiger partial charge in [-0.25, -0.2) is 9.67 Å². The van der Waals surface area contributed by atoms with Crippen LogP contribution in [0, 0.1) is 0 Å². The molecule has 0 radical (unpaired) electrons. The third-order valence-electron chi connectivity index (χ3n) is 4.62. The third-order valence-corrected chi connectivity index (χ3v) is 5.58. The molecule has 0 aliphatic carbocycles. The summed E-state index contributed by atoms with van der Waals surface area (Å²) in [6.07, 6.45) is 4.83. The van der Waals surface area contributed by atoms with Crippen molar-refractivity contribution in [3.05, 3.63) is 72.9 Å². The molecular formula is C23H22N6O4S. The first-order valence-electron chi connectivity index (χ1n) is 10.3. The van der Waals surface area contributed by atoms with Gasteiger partial charge in [0.1, 0.15) is 18.1 Å². The van der Waals surface area contributed by atoms with Crippen LogP contribution in [0.5, 0.6) is 5.75 Å². The molecule has 0 saturated carbocycles. The number of hydrogen-bond donors (Lipinski definition) is 2. The topological polar surface area (TPSA) is 124 Å². The fraction of sp³-hybridized carbons (Fsp3) is 0.174. The minimum atomic E-state index is -0.257. The van der Waals surface area contributed by atoms with Gasteiger partial charge in [-0.15, -0.1) is 5.10 Å². The van der Waals surface area contributed by atoms with Gasteiger partial charge >= 0.3 is 0 Å². The highest BCUT2D eigenvalue weighted by Gasteiger charge is 2.16. The molecule has 10 nitrogen and oxygen atoms in total. The number of thioether (sulfide) groups is 1. The second-order valence-electron chi connectivity index (χ2n) is 7.03. The van der Waals surface area contributed by atoms with Crippen molar-refractivity contribution in [2.75, 3.05) is 18.2 Å². The van der Waals surface area contributed by atoms with Crippen molar-refractivity contribution in [3.63, 3.8) is 0 Å². The van der Waals surface area contributed by atoms with Crippen molar-refractivity contribution in [2.24, 2.45) is 0 Å². The summed E-state index contributed by atoms with van der Waals surface area (Å²) in [5.74, 6) is 1.42. The Morgan fingerprint density at radius 1 is 1.09 bits per heavy atom. The van der Waals surface area contributed by atoms with Gasteiger partial charge in [0.05, 0.1) is 25.7 Å². The Kier molecular flexibility index (Phi) is 7.56. The number of furan rings is 1. The van der Waals surface area contributed by atoms with E-state index in [4.69, 9.17) is 9.15 Å². The van der Waals surface area contributed by atoms with Gasteiger partial charge in [-0.2, -0.15) is 0 Å². The van der Waals surface area contributed by atoms with E-state index in [1.807, 2.05) is 0 Å². The fourth-order valence-corrected chi connectivity index (χ4v) is 3.69. The molecule has 0 atom stereocenters. The minimum Gasteiger partial charge on any atom is -0.497 e. The summed E-state index contributed by atoms with van der Waals surface area (Å²) >= 11 is 1.19. The number of anilines is 1. The summed E-state index contributed by atoms with van der Waals surface area (Å²) in [5.41, 5.74) is 1.41. The number of methoxy groups -OCH3 is 1. The molecule has 34 heavy (non-hydrogen) atoms. The number of carbonyl (C=O) groups excluding carboxylic acids is 2. The molecule has 4 rings (SSSR count). The van der Waals surface area contributed by atoms with Gasteiger partial charge in [0.2, 0.25) is 11.8 Å².